The predicted molar refractivity (Wildman–Crippen MR) is 249 cm³/mol. The van der Waals surface area contributed by atoms with Gasteiger partial charge in [0.25, 0.3) is 0 Å². The second kappa shape index (κ2) is 17.9. The average molecular weight is 755 g/mol. The van der Waals surface area contributed by atoms with Gasteiger partial charge >= 0.3 is 0 Å². The van der Waals surface area contributed by atoms with Crippen LogP contribution in [0, 0.1) is 33.6 Å². The van der Waals surface area contributed by atoms with Crippen LogP contribution in [-0.2, 0) is 32.5 Å². The van der Waals surface area contributed by atoms with Gasteiger partial charge in [-0.1, -0.05) is 199 Å². The van der Waals surface area contributed by atoms with Crippen molar-refractivity contribution in [2.24, 2.45) is 5.92 Å². The highest BCUT2D eigenvalue weighted by Gasteiger charge is 2.29. The van der Waals surface area contributed by atoms with E-state index in [9.17, 15) is 5.11 Å². The van der Waals surface area contributed by atoms with E-state index < -0.39 is 0 Å². The zero-order valence-electron chi connectivity index (χ0n) is 39.9. The summed E-state index contributed by atoms with van der Waals surface area (Å²) in [5.41, 5.74) is 16.2. The van der Waals surface area contributed by atoms with Crippen LogP contribution in [-0.4, -0.2) is 5.11 Å². The molecule has 1 aliphatic carbocycles. The molecule has 0 saturated heterocycles. The molecule has 1 N–H and O–H groups in total. The average Bonchev–Trinajstić information content (AvgIpc) is 2.97. The smallest absolute Gasteiger partial charge is 0.123 e. The van der Waals surface area contributed by atoms with Crippen LogP contribution in [0.2, 0.25) is 0 Å². The van der Waals surface area contributed by atoms with Crippen LogP contribution in [0.3, 0.4) is 0 Å². The monoisotopic (exact) mass is 755 g/mol. The molecule has 4 rings (SSSR count). The predicted octanol–water partition coefficient (Wildman–Crippen LogP) is 16.7. The Morgan fingerprint density at radius 3 is 0.891 bits per heavy atom. The van der Waals surface area contributed by atoms with Crippen LogP contribution in [0.1, 0.15) is 232 Å². The van der Waals surface area contributed by atoms with E-state index >= 15 is 0 Å². The zero-order valence-corrected chi connectivity index (χ0v) is 39.9. The molecule has 1 nitrogen and oxygen atoms in total. The Kier molecular flexibility index (Phi) is 16.5. The van der Waals surface area contributed by atoms with Crippen molar-refractivity contribution in [3.8, 4) is 5.75 Å². The minimum atomic E-state index is -0.0178. The highest BCUT2D eigenvalue weighted by Crippen LogP contribution is 2.42. The van der Waals surface area contributed by atoms with Crippen LogP contribution in [0.25, 0.3) is 0 Å². The van der Waals surface area contributed by atoms with Crippen molar-refractivity contribution in [2.45, 2.75) is 231 Å². The molecule has 0 amide bonds. The summed E-state index contributed by atoms with van der Waals surface area (Å²) in [4.78, 5) is 0. The fourth-order valence-corrected chi connectivity index (χ4v) is 8.46. The van der Waals surface area contributed by atoms with Gasteiger partial charge in [-0.2, -0.15) is 0 Å². The molecule has 0 unspecified atom stereocenters. The van der Waals surface area contributed by atoms with Gasteiger partial charge in [0, 0.05) is 0 Å². The minimum Gasteiger partial charge on any atom is -0.507 e. The quantitative estimate of drug-likeness (QED) is 0.262. The normalized spacial score (nSPS) is 17.0. The maximum Gasteiger partial charge on any atom is 0.123 e. The third-order valence-electron chi connectivity index (χ3n) is 11.6. The molecule has 55 heavy (non-hydrogen) atoms. The van der Waals surface area contributed by atoms with Crippen molar-refractivity contribution in [1.29, 1.82) is 0 Å². The number of phenolic OH excluding ortho intramolecular Hbond substituents is 1. The van der Waals surface area contributed by atoms with Crippen molar-refractivity contribution < 1.29 is 5.11 Å². The molecule has 3 aromatic carbocycles. The molecule has 0 aliphatic heterocycles. The zero-order chi connectivity index (χ0) is 42.2. The van der Waals surface area contributed by atoms with Crippen LogP contribution in [0.5, 0.6) is 5.75 Å². The maximum atomic E-state index is 10.4. The summed E-state index contributed by atoms with van der Waals surface area (Å²) >= 11 is 0. The summed E-state index contributed by atoms with van der Waals surface area (Å²) < 4.78 is 0. The molecule has 1 fully saturated rings. The van der Waals surface area contributed by atoms with Gasteiger partial charge in [0.2, 0.25) is 0 Å². The first kappa shape index (κ1) is 50.5. The first-order valence-corrected chi connectivity index (χ1v) is 21.2. The van der Waals surface area contributed by atoms with Gasteiger partial charge < -0.3 is 5.11 Å². The highest BCUT2D eigenvalue weighted by atomic mass is 16.3. The van der Waals surface area contributed by atoms with Crippen molar-refractivity contribution in [3.63, 3.8) is 0 Å². The van der Waals surface area contributed by atoms with Gasteiger partial charge in [0.1, 0.15) is 5.75 Å². The molecule has 0 heterocycles. The standard InChI is InChI=1S/C22H36.C16H26.C15H24O.CH4/c1-15-9-11-17(12-10-15)18-13-19(21(3,4)5)16(2)20(14-18)22(6,7)8;1-11-9-13(15(3,4)5)12(2)14(10-11)16(6,7)8;1-10-8-11(14(2,3)4)13(16)12(9-10)15(5,6)7;/h13-15,17H,9-12H2,1-8H3;9-10H,1-8H3;8-9,16H,1-7H3;1H4. The van der Waals surface area contributed by atoms with E-state index in [0.29, 0.717) is 5.75 Å². The Morgan fingerprint density at radius 2 is 0.636 bits per heavy atom. The Labute approximate surface area is 343 Å². The molecule has 0 bridgehead atoms. The summed E-state index contributed by atoms with van der Waals surface area (Å²) in [7, 11) is 0. The summed E-state index contributed by atoms with van der Waals surface area (Å²) in [5, 5.41) is 10.4. The number of phenols is 1. The van der Waals surface area contributed by atoms with E-state index in [1.807, 2.05) is 0 Å². The summed E-state index contributed by atoms with van der Waals surface area (Å²) in [5.74, 6) is 2.16. The molecular weight excluding hydrogens is 665 g/mol. The molecule has 1 saturated carbocycles. The molecule has 3 aromatic rings. The van der Waals surface area contributed by atoms with Gasteiger partial charge in [-0.3, -0.25) is 0 Å². The Bertz CT molecular complexity index is 1510. The second-order valence-corrected chi connectivity index (χ2v) is 23.4. The lowest BCUT2D eigenvalue weighted by Gasteiger charge is -2.33. The first-order chi connectivity index (χ1) is 24.1. The summed E-state index contributed by atoms with van der Waals surface area (Å²) in [6, 6.07) is 13.9. The van der Waals surface area contributed by atoms with Gasteiger partial charge in [-0.15, -0.1) is 0 Å². The molecule has 1 heteroatoms. The number of aromatic hydroxyl groups is 1. The number of hydrogen-bond acceptors (Lipinski definition) is 1. The Morgan fingerprint density at radius 1 is 0.400 bits per heavy atom. The van der Waals surface area contributed by atoms with Gasteiger partial charge in [-0.25, -0.2) is 0 Å². The maximum absolute atomic E-state index is 10.4. The molecule has 0 aromatic heterocycles. The molecule has 1 aliphatic rings. The second-order valence-electron chi connectivity index (χ2n) is 23.4. The van der Waals surface area contributed by atoms with Gasteiger partial charge in [0.05, 0.1) is 0 Å². The fourth-order valence-electron chi connectivity index (χ4n) is 8.46. The van der Waals surface area contributed by atoms with Crippen LogP contribution < -0.4 is 0 Å². The van der Waals surface area contributed by atoms with E-state index in [-0.39, 0.29) is 39.9 Å². The Hall–Kier alpha value is -2.54. The van der Waals surface area contributed by atoms with E-state index in [1.54, 1.807) is 16.7 Å². The van der Waals surface area contributed by atoms with E-state index in [1.165, 1.54) is 59.1 Å². The lowest BCUT2D eigenvalue weighted by atomic mass is 9.72. The third kappa shape index (κ3) is 13.8. The summed E-state index contributed by atoms with van der Waals surface area (Å²) in [6.45, 7) is 52.0. The van der Waals surface area contributed by atoms with Crippen molar-refractivity contribution in [2.75, 3.05) is 0 Å². The Balaban J connectivity index is 0.000000417. The number of benzene rings is 3. The van der Waals surface area contributed by atoms with Gasteiger partial charge in [0.15, 0.2) is 0 Å². The topological polar surface area (TPSA) is 20.2 Å². The van der Waals surface area contributed by atoms with Crippen molar-refractivity contribution in [1.82, 2.24) is 0 Å². The minimum absolute atomic E-state index is 0. The lowest BCUT2D eigenvalue weighted by molar-refractivity contribution is 0.347. The van der Waals surface area contributed by atoms with Crippen LogP contribution in [0.4, 0.5) is 0 Å². The fraction of sp³-hybridized carbons (Fsp3) is 0.667. The lowest BCUT2D eigenvalue weighted by Crippen LogP contribution is -2.21. The number of aryl methyl sites for hydroxylation is 2. The first-order valence-electron chi connectivity index (χ1n) is 21.2. The van der Waals surface area contributed by atoms with E-state index in [0.717, 1.165) is 23.0 Å². The molecular formula is C54H90O. The number of rotatable bonds is 1. The molecule has 0 spiro atoms. The van der Waals surface area contributed by atoms with Gasteiger partial charge in [-0.05, 0) is 135 Å². The van der Waals surface area contributed by atoms with E-state index in [4.69, 9.17) is 0 Å². The van der Waals surface area contributed by atoms with Crippen molar-refractivity contribution in [3.05, 3.63) is 97.6 Å². The summed E-state index contributed by atoms with van der Waals surface area (Å²) in [6.07, 6.45) is 5.54. The molecule has 312 valence electrons. The largest absolute Gasteiger partial charge is 0.507 e. The van der Waals surface area contributed by atoms with Crippen molar-refractivity contribution >= 4 is 0 Å². The highest BCUT2D eigenvalue weighted by molar-refractivity contribution is 5.50. The number of hydrogen-bond donors (Lipinski definition) is 1. The SMILES string of the molecule is C.Cc1c(C(C)(C)C)cc(C2CCC(C)CC2)cc1C(C)(C)C.Cc1cc(C(C)(C)C)c(C)c(C(C)(C)C)c1.Cc1cc(C(C)(C)C)c(O)c(C(C)(C)C)c1. The van der Waals surface area contributed by atoms with Crippen LogP contribution in [0.15, 0.2) is 36.4 Å². The van der Waals surface area contributed by atoms with Crippen LogP contribution >= 0.6 is 0 Å². The molecule has 0 radical (unpaired) electrons. The third-order valence-corrected chi connectivity index (χ3v) is 11.6. The molecule has 0 atom stereocenters. The van der Waals surface area contributed by atoms with E-state index in [2.05, 4.69) is 196 Å².